The van der Waals surface area contributed by atoms with Gasteiger partial charge in [-0.1, -0.05) is 35.5 Å². The van der Waals surface area contributed by atoms with Gasteiger partial charge in [0.15, 0.2) is 11.0 Å². The smallest absolute Gasteiger partial charge is 0.191 e. The molecule has 0 atom stereocenters. The molecule has 3 rings (SSSR count). The van der Waals surface area contributed by atoms with Crippen LogP contribution in [0.4, 0.5) is 8.78 Å². The second-order valence-electron chi connectivity index (χ2n) is 5.24. The lowest BCUT2D eigenvalue weighted by Gasteiger charge is -2.07. The van der Waals surface area contributed by atoms with Gasteiger partial charge < -0.3 is 9.30 Å². The number of hydrogen-bond acceptors (Lipinski definition) is 4. The Morgan fingerprint density at radius 1 is 1.16 bits per heavy atom. The van der Waals surface area contributed by atoms with Gasteiger partial charge in [0.2, 0.25) is 0 Å². The van der Waals surface area contributed by atoms with Crippen LogP contribution in [0.3, 0.4) is 0 Å². The fourth-order valence-electron chi connectivity index (χ4n) is 2.09. The van der Waals surface area contributed by atoms with E-state index in [1.54, 1.807) is 10.6 Å². The zero-order valence-corrected chi connectivity index (χ0v) is 14.8. The Balaban J connectivity index is 1.61. The maximum Gasteiger partial charge on any atom is 0.191 e. The molecule has 0 aliphatic rings. The summed E-state index contributed by atoms with van der Waals surface area (Å²) in [6.07, 6.45) is 0. The molecule has 0 saturated heterocycles. The largest absolute Gasteiger partial charge is 0.486 e. The van der Waals surface area contributed by atoms with Gasteiger partial charge in [0, 0.05) is 18.9 Å². The predicted molar refractivity (Wildman–Crippen MR) is 92.7 cm³/mol. The van der Waals surface area contributed by atoms with Crippen molar-refractivity contribution in [3.63, 3.8) is 0 Å². The Hall–Kier alpha value is -2.12. The molecular weight excluding hydrogens is 368 g/mol. The molecule has 2 aromatic carbocycles. The number of thioether (sulfide) groups is 1. The average molecular weight is 382 g/mol. The first-order chi connectivity index (χ1) is 12.0. The lowest BCUT2D eigenvalue weighted by atomic mass is 10.2. The van der Waals surface area contributed by atoms with E-state index in [1.165, 1.54) is 42.1 Å². The van der Waals surface area contributed by atoms with Crippen molar-refractivity contribution in [2.45, 2.75) is 17.5 Å². The van der Waals surface area contributed by atoms with Crippen LogP contribution in [0.5, 0.6) is 5.75 Å². The monoisotopic (exact) mass is 381 g/mol. The highest BCUT2D eigenvalue weighted by atomic mass is 35.5. The third-order valence-electron chi connectivity index (χ3n) is 3.44. The normalized spacial score (nSPS) is 10.9. The van der Waals surface area contributed by atoms with E-state index in [1.807, 2.05) is 13.1 Å². The lowest BCUT2D eigenvalue weighted by molar-refractivity contribution is 0.290. The number of halogens is 3. The second kappa shape index (κ2) is 7.84. The fraction of sp³-hybridized carbons (Fsp3) is 0.176. The standard InChI is InChI=1S/C17H14ClF2N3OS/c1-23-16(9-24-13-5-6-15(20)14(18)8-13)21-22-17(23)25-10-11-3-2-4-12(19)7-11/h2-8H,9-10H2,1H3. The molecule has 4 nitrogen and oxygen atoms in total. The van der Waals surface area contributed by atoms with Crippen LogP contribution in [0, 0.1) is 11.6 Å². The van der Waals surface area contributed by atoms with Crippen molar-refractivity contribution < 1.29 is 13.5 Å². The van der Waals surface area contributed by atoms with Crippen molar-refractivity contribution in [2.75, 3.05) is 0 Å². The molecule has 0 aliphatic carbocycles. The molecule has 25 heavy (non-hydrogen) atoms. The molecule has 130 valence electrons. The molecule has 0 amide bonds. The van der Waals surface area contributed by atoms with Gasteiger partial charge in [-0.2, -0.15) is 0 Å². The first kappa shape index (κ1) is 17.7. The highest BCUT2D eigenvalue weighted by molar-refractivity contribution is 7.98. The molecule has 0 N–H and O–H groups in total. The van der Waals surface area contributed by atoms with Crippen molar-refractivity contribution in [2.24, 2.45) is 7.05 Å². The minimum atomic E-state index is -0.497. The average Bonchev–Trinajstić information content (AvgIpc) is 2.94. The van der Waals surface area contributed by atoms with E-state index in [2.05, 4.69) is 10.2 Å². The van der Waals surface area contributed by atoms with Crippen molar-refractivity contribution in [1.29, 1.82) is 0 Å². The molecule has 1 aromatic heterocycles. The van der Waals surface area contributed by atoms with Gasteiger partial charge in [-0.25, -0.2) is 8.78 Å². The lowest BCUT2D eigenvalue weighted by Crippen LogP contribution is -2.04. The van der Waals surface area contributed by atoms with E-state index < -0.39 is 5.82 Å². The van der Waals surface area contributed by atoms with Crippen LogP contribution < -0.4 is 4.74 Å². The molecule has 0 fully saturated rings. The Kier molecular flexibility index (Phi) is 5.55. The predicted octanol–water partition coefficient (Wildman–Crippen LogP) is 4.62. The number of nitrogens with zero attached hydrogens (tertiary/aromatic N) is 3. The van der Waals surface area contributed by atoms with Crippen LogP contribution in [0.25, 0.3) is 0 Å². The van der Waals surface area contributed by atoms with Gasteiger partial charge >= 0.3 is 0 Å². The van der Waals surface area contributed by atoms with Crippen LogP contribution >= 0.6 is 23.4 Å². The maximum atomic E-state index is 13.2. The Bertz CT molecular complexity index is 888. The van der Waals surface area contributed by atoms with Crippen LogP contribution in [-0.4, -0.2) is 14.8 Å². The second-order valence-corrected chi connectivity index (χ2v) is 6.59. The SMILES string of the molecule is Cn1c(COc2ccc(F)c(Cl)c2)nnc1SCc1cccc(F)c1. The molecule has 1 heterocycles. The summed E-state index contributed by atoms with van der Waals surface area (Å²) in [6.45, 7) is 0.173. The number of ether oxygens (including phenoxy) is 1. The number of rotatable bonds is 6. The molecule has 0 spiro atoms. The van der Waals surface area contributed by atoms with E-state index in [-0.39, 0.29) is 17.4 Å². The summed E-state index contributed by atoms with van der Waals surface area (Å²) in [5, 5.41) is 8.90. The van der Waals surface area contributed by atoms with Crippen molar-refractivity contribution in [3.05, 3.63) is 70.5 Å². The van der Waals surface area contributed by atoms with Gasteiger partial charge in [-0.3, -0.25) is 0 Å². The van der Waals surface area contributed by atoms with Crippen LogP contribution in [0.15, 0.2) is 47.6 Å². The molecule has 3 aromatic rings. The van der Waals surface area contributed by atoms with Crippen molar-refractivity contribution in [1.82, 2.24) is 14.8 Å². The minimum absolute atomic E-state index is 0.00167. The van der Waals surface area contributed by atoms with E-state index >= 15 is 0 Å². The van der Waals surface area contributed by atoms with Gasteiger partial charge in [0.25, 0.3) is 0 Å². The summed E-state index contributed by atoms with van der Waals surface area (Å²) in [6, 6.07) is 10.6. The molecule has 0 saturated carbocycles. The van der Waals surface area contributed by atoms with E-state index in [4.69, 9.17) is 16.3 Å². The zero-order valence-electron chi connectivity index (χ0n) is 13.2. The van der Waals surface area contributed by atoms with Crippen LogP contribution in [-0.2, 0) is 19.4 Å². The van der Waals surface area contributed by atoms with E-state index in [0.717, 1.165) is 5.56 Å². The summed E-state index contributed by atoms with van der Waals surface area (Å²) in [5.41, 5.74) is 0.867. The number of hydrogen-bond donors (Lipinski definition) is 0. The van der Waals surface area contributed by atoms with Crippen molar-refractivity contribution >= 4 is 23.4 Å². The topological polar surface area (TPSA) is 39.9 Å². The zero-order chi connectivity index (χ0) is 17.8. The summed E-state index contributed by atoms with van der Waals surface area (Å²) in [7, 11) is 1.82. The van der Waals surface area contributed by atoms with E-state index in [0.29, 0.717) is 22.5 Å². The molecule has 0 unspecified atom stereocenters. The first-order valence-electron chi connectivity index (χ1n) is 7.36. The highest BCUT2D eigenvalue weighted by Crippen LogP contribution is 2.24. The molecule has 0 aliphatic heterocycles. The van der Waals surface area contributed by atoms with Crippen molar-refractivity contribution in [3.8, 4) is 5.75 Å². The Labute approximate surface area is 152 Å². The maximum absolute atomic E-state index is 13.2. The summed E-state index contributed by atoms with van der Waals surface area (Å²) >= 11 is 7.18. The van der Waals surface area contributed by atoms with E-state index in [9.17, 15) is 8.78 Å². The molecular formula is C17H14ClF2N3OS. The molecule has 8 heteroatoms. The highest BCUT2D eigenvalue weighted by Gasteiger charge is 2.11. The number of aromatic nitrogens is 3. The summed E-state index contributed by atoms with van der Waals surface area (Å²) < 4.78 is 33.7. The van der Waals surface area contributed by atoms with Gasteiger partial charge in [-0.15, -0.1) is 10.2 Å². The fourth-order valence-corrected chi connectivity index (χ4v) is 3.13. The van der Waals surface area contributed by atoms with Gasteiger partial charge in [0.1, 0.15) is 24.0 Å². The van der Waals surface area contributed by atoms with Gasteiger partial charge in [0.05, 0.1) is 5.02 Å². The quantitative estimate of drug-likeness (QED) is 0.584. The Morgan fingerprint density at radius 3 is 2.76 bits per heavy atom. The first-order valence-corrected chi connectivity index (χ1v) is 8.72. The van der Waals surface area contributed by atoms with Gasteiger partial charge in [-0.05, 0) is 29.8 Å². The molecule has 0 radical (unpaired) electrons. The van der Waals surface area contributed by atoms with Crippen LogP contribution in [0.1, 0.15) is 11.4 Å². The minimum Gasteiger partial charge on any atom is -0.486 e. The third kappa shape index (κ3) is 4.49. The third-order valence-corrected chi connectivity index (χ3v) is 4.82. The number of benzene rings is 2. The molecule has 0 bridgehead atoms. The van der Waals surface area contributed by atoms with Crippen LogP contribution in [0.2, 0.25) is 5.02 Å². The summed E-state index contributed by atoms with van der Waals surface area (Å²) in [4.78, 5) is 0. The Morgan fingerprint density at radius 2 is 2.00 bits per heavy atom. The summed E-state index contributed by atoms with van der Waals surface area (Å²) in [5.74, 6) is 0.885.